The Morgan fingerprint density at radius 2 is 2.16 bits per heavy atom. The predicted molar refractivity (Wildman–Crippen MR) is 77.0 cm³/mol. The molecule has 0 atom stereocenters. The minimum Gasteiger partial charge on any atom is -0.494 e. The summed E-state index contributed by atoms with van der Waals surface area (Å²) in [6.45, 7) is 2.52. The highest BCUT2D eigenvalue weighted by Gasteiger charge is 2.03. The van der Waals surface area contributed by atoms with Gasteiger partial charge in [-0.2, -0.15) is 16.4 Å². The lowest BCUT2D eigenvalue weighted by atomic mass is 10.2. The molecule has 1 aromatic heterocycles. The number of nitrogens with one attached hydrogen (secondary N) is 1. The largest absolute Gasteiger partial charge is 0.494 e. The van der Waals surface area contributed by atoms with Crippen LogP contribution in [0.2, 0.25) is 0 Å². The molecule has 0 aliphatic rings. The van der Waals surface area contributed by atoms with Gasteiger partial charge in [-0.25, -0.2) is 5.43 Å². The van der Waals surface area contributed by atoms with Gasteiger partial charge in [0.25, 0.3) is 5.91 Å². The molecule has 0 aliphatic heterocycles. The summed E-state index contributed by atoms with van der Waals surface area (Å²) in [5.41, 5.74) is 4.00. The third kappa shape index (κ3) is 3.93. The number of nitrogens with zero attached hydrogens (tertiary/aromatic N) is 1. The first kappa shape index (κ1) is 13.3. The number of hydrazone groups is 1. The maximum absolute atomic E-state index is 11.8. The number of thiophene rings is 1. The molecular weight excluding hydrogens is 260 g/mol. The molecule has 98 valence electrons. The Hall–Kier alpha value is -2.14. The van der Waals surface area contributed by atoms with Crippen molar-refractivity contribution in [3.05, 3.63) is 52.2 Å². The molecule has 0 fully saturated rings. The number of benzene rings is 1. The van der Waals surface area contributed by atoms with Crippen LogP contribution >= 0.6 is 11.3 Å². The van der Waals surface area contributed by atoms with Crippen molar-refractivity contribution >= 4 is 23.5 Å². The van der Waals surface area contributed by atoms with E-state index >= 15 is 0 Å². The van der Waals surface area contributed by atoms with E-state index in [1.54, 1.807) is 41.8 Å². The Morgan fingerprint density at radius 3 is 2.79 bits per heavy atom. The van der Waals surface area contributed by atoms with Crippen molar-refractivity contribution in [3.63, 3.8) is 0 Å². The summed E-state index contributed by atoms with van der Waals surface area (Å²) in [6, 6.07) is 8.88. The number of hydrogen-bond donors (Lipinski definition) is 1. The van der Waals surface area contributed by atoms with Gasteiger partial charge in [0.1, 0.15) is 5.75 Å². The Labute approximate surface area is 115 Å². The standard InChI is InChI=1S/C14H14N2O2S/c1-2-18-13-5-3-12(4-6-13)14(17)16-15-9-11-7-8-19-10-11/h3-10H,2H2,1H3,(H,16,17). The normalized spacial score (nSPS) is 10.6. The van der Waals surface area contributed by atoms with Crippen LogP contribution in [0, 0.1) is 0 Å². The van der Waals surface area contributed by atoms with E-state index in [0.29, 0.717) is 12.2 Å². The van der Waals surface area contributed by atoms with E-state index in [1.807, 2.05) is 23.8 Å². The van der Waals surface area contributed by atoms with Gasteiger partial charge in [-0.05, 0) is 48.0 Å². The molecule has 0 bridgehead atoms. The zero-order chi connectivity index (χ0) is 13.5. The van der Waals surface area contributed by atoms with E-state index in [2.05, 4.69) is 10.5 Å². The number of carbonyl (C=O) groups is 1. The molecule has 2 rings (SSSR count). The van der Waals surface area contributed by atoms with Gasteiger partial charge in [0.05, 0.1) is 12.8 Å². The summed E-state index contributed by atoms with van der Waals surface area (Å²) >= 11 is 1.58. The van der Waals surface area contributed by atoms with Gasteiger partial charge >= 0.3 is 0 Å². The zero-order valence-corrected chi connectivity index (χ0v) is 11.3. The monoisotopic (exact) mass is 274 g/mol. The Balaban J connectivity index is 1.92. The lowest BCUT2D eigenvalue weighted by Crippen LogP contribution is -2.17. The van der Waals surface area contributed by atoms with E-state index in [1.165, 1.54) is 0 Å². The zero-order valence-electron chi connectivity index (χ0n) is 10.5. The van der Waals surface area contributed by atoms with Crippen molar-refractivity contribution < 1.29 is 9.53 Å². The fourth-order valence-electron chi connectivity index (χ4n) is 1.45. The van der Waals surface area contributed by atoms with Crippen molar-refractivity contribution in [1.29, 1.82) is 0 Å². The highest BCUT2D eigenvalue weighted by molar-refractivity contribution is 7.08. The molecule has 1 heterocycles. The average molecular weight is 274 g/mol. The van der Waals surface area contributed by atoms with Crippen LogP contribution in [0.4, 0.5) is 0 Å². The SMILES string of the molecule is CCOc1ccc(C(=O)NN=Cc2ccsc2)cc1. The first-order valence-electron chi connectivity index (χ1n) is 5.88. The van der Waals surface area contributed by atoms with Crippen LogP contribution in [0.15, 0.2) is 46.2 Å². The van der Waals surface area contributed by atoms with E-state index in [-0.39, 0.29) is 5.91 Å². The summed E-state index contributed by atoms with van der Waals surface area (Å²) < 4.78 is 5.31. The smallest absolute Gasteiger partial charge is 0.271 e. The molecule has 5 heteroatoms. The van der Waals surface area contributed by atoms with Crippen molar-refractivity contribution in [3.8, 4) is 5.75 Å². The second-order valence-electron chi connectivity index (χ2n) is 3.71. The predicted octanol–water partition coefficient (Wildman–Crippen LogP) is 2.91. The number of rotatable bonds is 5. The summed E-state index contributed by atoms with van der Waals surface area (Å²) in [6.07, 6.45) is 1.61. The first-order valence-corrected chi connectivity index (χ1v) is 6.82. The number of amides is 1. The third-order valence-electron chi connectivity index (χ3n) is 2.35. The highest BCUT2D eigenvalue weighted by Crippen LogP contribution is 2.11. The average Bonchev–Trinajstić information content (AvgIpc) is 2.93. The maximum Gasteiger partial charge on any atom is 0.271 e. The molecule has 0 unspecified atom stereocenters. The molecule has 1 amide bonds. The Bertz CT molecular complexity index is 547. The van der Waals surface area contributed by atoms with E-state index in [4.69, 9.17) is 4.74 Å². The van der Waals surface area contributed by atoms with Crippen LogP contribution in [-0.2, 0) is 0 Å². The van der Waals surface area contributed by atoms with Gasteiger partial charge in [0.2, 0.25) is 0 Å². The van der Waals surface area contributed by atoms with Crippen LogP contribution in [-0.4, -0.2) is 18.7 Å². The van der Waals surface area contributed by atoms with E-state index in [9.17, 15) is 4.79 Å². The number of hydrogen-bond acceptors (Lipinski definition) is 4. The highest BCUT2D eigenvalue weighted by atomic mass is 32.1. The van der Waals surface area contributed by atoms with Crippen LogP contribution in [0.25, 0.3) is 0 Å². The van der Waals surface area contributed by atoms with Gasteiger partial charge < -0.3 is 4.74 Å². The molecule has 19 heavy (non-hydrogen) atoms. The van der Waals surface area contributed by atoms with Crippen molar-refractivity contribution in [2.75, 3.05) is 6.61 Å². The van der Waals surface area contributed by atoms with Crippen LogP contribution in [0.1, 0.15) is 22.8 Å². The lowest BCUT2D eigenvalue weighted by Gasteiger charge is -2.03. The van der Waals surface area contributed by atoms with E-state index < -0.39 is 0 Å². The molecule has 0 spiro atoms. The van der Waals surface area contributed by atoms with E-state index in [0.717, 1.165) is 11.3 Å². The minimum atomic E-state index is -0.241. The van der Waals surface area contributed by atoms with Crippen LogP contribution in [0.5, 0.6) is 5.75 Å². The third-order valence-corrected chi connectivity index (χ3v) is 3.05. The summed E-state index contributed by atoms with van der Waals surface area (Å²) in [7, 11) is 0. The second kappa shape index (κ2) is 6.70. The maximum atomic E-state index is 11.8. The molecule has 1 aromatic carbocycles. The fourth-order valence-corrected chi connectivity index (χ4v) is 2.06. The lowest BCUT2D eigenvalue weighted by molar-refractivity contribution is 0.0955. The Kier molecular flexibility index (Phi) is 4.69. The summed E-state index contributed by atoms with van der Waals surface area (Å²) in [5.74, 6) is 0.510. The van der Waals surface area contributed by atoms with Crippen molar-refractivity contribution in [2.45, 2.75) is 6.92 Å². The first-order chi connectivity index (χ1) is 9.29. The molecule has 0 aliphatic carbocycles. The van der Waals surface area contributed by atoms with Crippen molar-refractivity contribution in [2.24, 2.45) is 5.10 Å². The van der Waals surface area contributed by atoms with Crippen molar-refractivity contribution in [1.82, 2.24) is 5.43 Å². The number of carbonyl (C=O) groups excluding carboxylic acids is 1. The second-order valence-corrected chi connectivity index (χ2v) is 4.49. The molecule has 0 saturated carbocycles. The molecule has 0 radical (unpaired) electrons. The minimum absolute atomic E-state index is 0.241. The molecule has 4 nitrogen and oxygen atoms in total. The van der Waals surface area contributed by atoms with Crippen LogP contribution in [0.3, 0.4) is 0 Å². The van der Waals surface area contributed by atoms with Crippen LogP contribution < -0.4 is 10.2 Å². The van der Waals surface area contributed by atoms with Gasteiger partial charge in [-0.15, -0.1) is 0 Å². The molecule has 1 N–H and O–H groups in total. The van der Waals surface area contributed by atoms with Gasteiger partial charge in [-0.1, -0.05) is 0 Å². The summed E-state index contributed by atoms with van der Waals surface area (Å²) in [4.78, 5) is 11.8. The topological polar surface area (TPSA) is 50.7 Å². The Morgan fingerprint density at radius 1 is 1.37 bits per heavy atom. The quantitative estimate of drug-likeness (QED) is 0.673. The van der Waals surface area contributed by atoms with Gasteiger partial charge in [0, 0.05) is 11.1 Å². The van der Waals surface area contributed by atoms with Gasteiger partial charge in [-0.3, -0.25) is 4.79 Å². The fraction of sp³-hybridized carbons (Fsp3) is 0.143. The summed E-state index contributed by atoms with van der Waals surface area (Å²) in [5, 5.41) is 7.80. The number of ether oxygens (including phenoxy) is 1. The molecule has 2 aromatic rings. The van der Waals surface area contributed by atoms with Gasteiger partial charge in [0.15, 0.2) is 0 Å². The molecular formula is C14H14N2O2S. The molecule has 0 saturated heterocycles.